The molecule has 1 aliphatic heterocycles. The fourth-order valence-electron chi connectivity index (χ4n) is 1.26. The van der Waals surface area contributed by atoms with Crippen LogP contribution in [0.4, 0.5) is 0 Å². The van der Waals surface area contributed by atoms with Crippen LogP contribution in [0.1, 0.15) is 12.0 Å². The second-order valence-electron chi connectivity index (χ2n) is 3.89. The van der Waals surface area contributed by atoms with Gasteiger partial charge in [0.25, 0.3) is 0 Å². The van der Waals surface area contributed by atoms with Crippen molar-refractivity contribution in [1.82, 2.24) is 0 Å². The fraction of sp³-hybridized carbons (Fsp3) is 0.455. The second kappa shape index (κ2) is 6.11. The van der Waals surface area contributed by atoms with Crippen molar-refractivity contribution in [2.45, 2.75) is 24.3 Å². The summed E-state index contributed by atoms with van der Waals surface area (Å²) in [5.41, 5.74) is 6.34. The summed E-state index contributed by atoms with van der Waals surface area (Å²) in [5.74, 6) is 0. The molecule has 2 N–H and O–H groups in total. The monoisotopic (exact) mass is 258 g/mol. The molecule has 0 saturated carbocycles. The van der Waals surface area contributed by atoms with E-state index in [-0.39, 0.29) is 4.90 Å². The minimum Gasteiger partial charge on any atom is -0.744 e. The number of rotatable bonds is 1. The van der Waals surface area contributed by atoms with Crippen LogP contribution < -0.4 is 5.73 Å². The Morgan fingerprint density at radius 3 is 2.24 bits per heavy atom. The van der Waals surface area contributed by atoms with E-state index in [4.69, 9.17) is 10.5 Å². The molecule has 0 radical (unpaired) electrons. The molecule has 0 aliphatic carbocycles. The first kappa shape index (κ1) is 14.1. The number of nitrogens with two attached hydrogens (primary N) is 1. The summed E-state index contributed by atoms with van der Waals surface area (Å²) in [7, 11) is -4.27. The van der Waals surface area contributed by atoms with Gasteiger partial charge in [-0.3, -0.25) is 0 Å². The molecule has 1 heterocycles. The maximum Gasteiger partial charge on any atom is 0.124 e. The van der Waals surface area contributed by atoms with E-state index in [0.717, 1.165) is 25.2 Å². The Morgan fingerprint density at radius 2 is 1.94 bits per heavy atom. The summed E-state index contributed by atoms with van der Waals surface area (Å²) in [6.07, 6.45) is 1.04. The third-order valence-electron chi connectivity index (χ3n) is 2.27. The topological polar surface area (TPSA) is 92.5 Å². The molecule has 96 valence electrons. The molecule has 0 aromatic heterocycles. The molecule has 1 unspecified atom stereocenters. The van der Waals surface area contributed by atoms with Gasteiger partial charge in [-0.15, -0.1) is 0 Å². The van der Waals surface area contributed by atoms with Gasteiger partial charge >= 0.3 is 0 Å². The number of hydrogen-bond acceptors (Lipinski definition) is 5. The molecule has 0 bridgehead atoms. The van der Waals surface area contributed by atoms with E-state index in [2.05, 4.69) is 0 Å². The van der Waals surface area contributed by atoms with E-state index in [1.165, 1.54) is 12.1 Å². The third-order valence-corrected chi connectivity index (χ3v) is 3.12. The number of hydrogen-bond donors (Lipinski definition) is 1. The van der Waals surface area contributed by atoms with Gasteiger partial charge in [-0.25, -0.2) is 8.42 Å². The van der Waals surface area contributed by atoms with Crippen molar-refractivity contribution in [2.24, 2.45) is 5.73 Å². The zero-order chi connectivity index (χ0) is 12.9. The summed E-state index contributed by atoms with van der Waals surface area (Å²) in [6.45, 7) is 3.45. The molecule has 17 heavy (non-hydrogen) atoms. The number of benzene rings is 1. The van der Waals surface area contributed by atoms with Gasteiger partial charge in [0, 0.05) is 12.6 Å². The molecule has 0 amide bonds. The molecule has 0 spiro atoms. The maximum absolute atomic E-state index is 10.4. The second-order valence-corrected chi connectivity index (χ2v) is 5.27. The van der Waals surface area contributed by atoms with Gasteiger partial charge in [0.15, 0.2) is 0 Å². The SMILES string of the molecule is Cc1ccc(S(=O)(=O)[O-])cc1.NC1CCOC1. The van der Waals surface area contributed by atoms with E-state index in [0.29, 0.717) is 6.04 Å². The quantitative estimate of drug-likeness (QED) is 0.746. The zero-order valence-electron chi connectivity index (χ0n) is 9.63. The predicted octanol–water partition coefficient (Wildman–Crippen LogP) is 0.633. The predicted molar refractivity (Wildman–Crippen MR) is 62.6 cm³/mol. The lowest BCUT2D eigenvalue weighted by Gasteiger charge is -2.05. The van der Waals surface area contributed by atoms with Crippen LogP contribution in [0.3, 0.4) is 0 Å². The van der Waals surface area contributed by atoms with Gasteiger partial charge in [0.1, 0.15) is 10.1 Å². The van der Waals surface area contributed by atoms with Gasteiger partial charge in [0.05, 0.1) is 11.5 Å². The first-order valence-electron chi connectivity index (χ1n) is 5.25. The highest BCUT2D eigenvalue weighted by molar-refractivity contribution is 7.85. The Bertz CT molecular complexity index is 435. The molecule has 1 saturated heterocycles. The molecule has 1 aromatic rings. The zero-order valence-corrected chi connectivity index (χ0v) is 10.4. The minimum absolute atomic E-state index is 0.178. The molecule has 1 atom stereocenters. The van der Waals surface area contributed by atoms with Crippen LogP contribution in [0.25, 0.3) is 0 Å². The van der Waals surface area contributed by atoms with Crippen LogP contribution in [-0.2, 0) is 14.9 Å². The molecule has 5 nitrogen and oxygen atoms in total. The average Bonchev–Trinajstić information content (AvgIpc) is 2.69. The standard InChI is InChI=1S/C7H8O3S.C4H9NO/c1-6-2-4-7(5-3-6)11(8,9)10;5-4-1-2-6-3-4/h2-5H,1H3,(H,8,9,10);4H,1-3,5H2/p-1. The molecule has 6 heteroatoms. The molecule has 1 aromatic carbocycles. The van der Waals surface area contributed by atoms with Crippen molar-refractivity contribution in [3.05, 3.63) is 29.8 Å². The summed E-state index contributed by atoms with van der Waals surface area (Å²) in [4.78, 5) is -0.178. The van der Waals surface area contributed by atoms with Crippen LogP contribution >= 0.6 is 0 Å². The van der Waals surface area contributed by atoms with Gasteiger partial charge in [0.2, 0.25) is 0 Å². The lowest BCUT2D eigenvalue weighted by atomic mass is 10.2. The Hall–Kier alpha value is -0.950. The molecule has 1 aliphatic rings. The first-order chi connectivity index (χ1) is 7.89. The van der Waals surface area contributed by atoms with Crippen LogP contribution in [0.15, 0.2) is 29.2 Å². The normalized spacial score (nSPS) is 19.6. The fourth-order valence-corrected chi connectivity index (χ4v) is 1.73. The van der Waals surface area contributed by atoms with Gasteiger partial charge in [-0.2, -0.15) is 0 Å². The number of aryl methyl sites for hydroxylation is 1. The van der Waals surface area contributed by atoms with Crippen molar-refractivity contribution in [2.75, 3.05) is 13.2 Å². The van der Waals surface area contributed by atoms with E-state index < -0.39 is 10.1 Å². The molecular weight excluding hydrogens is 242 g/mol. The van der Waals surface area contributed by atoms with E-state index >= 15 is 0 Å². The van der Waals surface area contributed by atoms with Crippen molar-refractivity contribution in [1.29, 1.82) is 0 Å². The Morgan fingerprint density at radius 1 is 1.35 bits per heavy atom. The van der Waals surface area contributed by atoms with E-state index in [1.54, 1.807) is 12.1 Å². The van der Waals surface area contributed by atoms with Crippen LogP contribution in [0, 0.1) is 6.92 Å². The van der Waals surface area contributed by atoms with Crippen LogP contribution in [0.2, 0.25) is 0 Å². The highest BCUT2D eigenvalue weighted by atomic mass is 32.2. The van der Waals surface area contributed by atoms with Crippen LogP contribution in [-0.4, -0.2) is 32.2 Å². The molecule has 2 rings (SSSR count). The third kappa shape index (κ3) is 5.27. The van der Waals surface area contributed by atoms with Gasteiger partial charge in [-0.05, 0) is 25.5 Å². The smallest absolute Gasteiger partial charge is 0.124 e. The van der Waals surface area contributed by atoms with Crippen molar-refractivity contribution >= 4 is 10.1 Å². The Labute approximate surface area is 101 Å². The lowest BCUT2D eigenvalue weighted by molar-refractivity contribution is 0.194. The Balaban J connectivity index is 0.000000202. The van der Waals surface area contributed by atoms with Crippen molar-refractivity contribution in [3.63, 3.8) is 0 Å². The first-order valence-corrected chi connectivity index (χ1v) is 6.66. The summed E-state index contributed by atoms with van der Waals surface area (Å²) >= 11 is 0. The van der Waals surface area contributed by atoms with E-state index in [1.807, 2.05) is 6.92 Å². The minimum atomic E-state index is -4.27. The lowest BCUT2D eigenvalue weighted by Crippen LogP contribution is -2.18. The van der Waals surface area contributed by atoms with Gasteiger partial charge in [-0.1, -0.05) is 17.7 Å². The van der Waals surface area contributed by atoms with Crippen LogP contribution in [0.5, 0.6) is 0 Å². The molecule has 1 fully saturated rings. The highest BCUT2D eigenvalue weighted by Crippen LogP contribution is 2.08. The summed E-state index contributed by atoms with van der Waals surface area (Å²) < 4.78 is 36.1. The van der Waals surface area contributed by atoms with Crippen molar-refractivity contribution < 1.29 is 17.7 Å². The van der Waals surface area contributed by atoms with Gasteiger partial charge < -0.3 is 15.0 Å². The summed E-state index contributed by atoms with van der Waals surface area (Å²) in [6, 6.07) is 6.11. The molecular formula is C11H16NO4S-. The largest absolute Gasteiger partial charge is 0.744 e. The summed E-state index contributed by atoms with van der Waals surface area (Å²) in [5, 5.41) is 0. The highest BCUT2D eigenvalue weighted by Gasteiger charge is 2.08. The number of ether oxygens (including phenoxy) is 1. The average molecular weight is 258 g/mol. The maximum atomic E-state index is 10.4. The Kier molecular flexibility index (Phi) is 5.07. The van der Waals surface area contributed by atoms with E-state index in [9.17, 15) is 13.0 Å². The van der Waals surface area contributed by atoms with Crippen molar-refractivity contribution in [3.8, 4) is 0 Å².